The summed E-state index contributed by atoms with van der Waals surface area (Å²) in [6.07, 6.45) is 2.64. The number of benzene rings is 2. The fourth-order valence-electron chi connectivity index (χ4n) is 1.88. The summed E-state index contributed by atoms with van der Waals surface area (Å²) < 4.78 is 5.74. The van der Waals surface area contributed by atoms with Crippen molar-refractivity contribution in [3.63, 3.8) is 0 Å². The maximum Gasteiger partial charge on any atom is 0.119 e. The van der Waals surface area contributed by atoms with Gasteiger partial charge in [-0.15, -0.1) is 0 Å². The van der Waals surface area contributed by atoms with E-state index in [1.165, 1.54) is 12.8 Å². The molecule has 1 saturated carbocycles. The SMILES string of the molecule is Nc1cccc2cc(OCC3CC3)ccc12. The van der Waals surface area contributed by atoms with E-state index in [-0.39, 0.29) is 0 Å². The van der Waals surface area contributed by atoms with Crippen molar-refractivity contribution >= 4 is 16.5 Å². The molecule has 1 aliphatic carbocycles. The van der Waals surface area contributed by atoms with Gasteiger partial charge in [0.1, 0.15) is 5.75 Å². The lowest BCUT2D eigenvalue weighted by Gasteiger charge is -2.07. The van der Waals surface area contributed by atoms with Gasteiger partial charge in [0.05, 0.1) is 6.61 Å². The third-order valence-corrected chi connectivity index (χ3v) is 3.07. The molecule has 0 spiro atoms. The predicted octanol–water partition coefficient (Wildman–Crippen LogP) is 3.21. The Morgan fingerprint density at radius 1 is 1.19 bits per heavy atom. The quantitative estimate of drug-likeness (QED) is 0.794. The largest absolute Gasteiger partial charge is 0.493 e. The van der Waals surface area contributed by atoms with Crippen molar-refractivity contribution in [1.29, 1.82) is 0 Å². The van der Waals surface area contributed by atoms with Gasteiger partial charge in [-0.2, -0.15) is 0 Å². The van der Waals surface area contributed by atoms with Gasteiger partial charge >= 0.3 is 0 Å². The number of fused-ring (bicyclic) bond motifs is 1. The van der Waals surface area contributed by atoms with Crippen LogP contribution in [-0.2, 0) is 0 Å². The molecule has 2 heteroatoms. The first-order valence-corrected chi connectivity index (χ1v) is 5.74. The lowest BCUT2D eigenvalue weighted by molar-refractivity contribution is 0.300. The lowest BCUT2D eigenvalue weighted by atomic mass is 10.1. The molecule has 0 unspecified atom stereocenters. The fraction of sp³-hybridized carbons (Fsp3) is 0.286. The van der Waals surface area contributed by atoms with Crippen molar-refractivity contribution in [1.82, 2.24) is 0 Å². The summed E-state index contributed by atoms with van der Waals surface area (Å²) in [4.78, 5) is 0. The topological polar surface area (TPSA) is 35.2 Å². The molecular weight excluding hydrogens is 198 g/mol. The zero-order chi connectivity index (χ0) is 11.0. The highest BCUT2D eigenvalue weighted by molar-refractivity contribution is 5.93. The number of anilines is 1. The van der Waals surface area contributed by atoms with Crippen molar-refractivity contribution in [2.24, 2.45) is 5.92 Å². The first kappa shape index (κ1) is 9.52. The summed E-state index contributed by atoms with van der Waals surface area (Å²) in [5, 5.41) is 2.24. The maximum absolute atomic E-state index is 5.90. The minimum absolute atomic E-state index is 0.788. The van der Waals surface area contributed by atoms with Crippen LogP contribution in [0.5, 0.6) is 5.75 Å². The van der Waals surface area contributed by atoms with Gasteiger partial charge in [-0.05, 0) is 48.4 Å². The van der Waals surface area contributed by atoms with E-state index in [9.17, 15) is 0 Å². The zero-order valence-electron chi connectivity index (χ0n) is 9.15. The average molecular weight is 213 g/mol. The maximum atomic E-state index is 5.90. The highest BCUT2D eigenvalue weighted by Gasteiger charge is 2.21. The summed E-state index contributed by atoms with van der Waals surface area (Å²) in [6, 6.07) is 12.1. The second-order valence-corrected chi connectivity index (χ2v) is 4.48. The molecule has 3 rings (SSSR count). The van der Waals surface area contributed by atoms with Crippen LogP contribution in [0, 0.1) is 5.92 Å². The molecule has 0 saturated heterocycles. The number of rotatable bonds is 3. The minimum atomic E-state index is 0.788. The lowest BCUT2D eigenvalue weighted by Crippen LogP contribution is -1.98. The number of ether oxygens (including phenoxy) is 1. The molecule has 2 nitrogen and oxygen atoms in total. The van der Waals surface area contributed by atoms with Crippen molar-refractivity contribution in [2.75, 3.05) is 12.3 Å². The van der Waals surface area contributed by atoms with Crippen LogP contribution in [0.15, 0.2) is 36.4 Å². The van der Waals surface area contributed by atoms with Crippen LogP contribution in [0.25, 0.3) is 10.8 Å². The predicted molar refractivity (Wildman–Crippen MR) is 66.6 cm³/mol. The molecule has 0 radical (unpaired) electrons. The summed E-state index contributed by atoms with van der Waals surface area (Å²) in [5.74, 6) is 1.74. The Bertz CT molecular complexity index is 517. The number of nitrogens with two attached hydrogens (primary N) is 1. The zero-order valence-corrected chi connectivity index (χ0v) is 9.15. The minimum Gasteiger partial charge on any atom is -0.493 e. The van der Waals surface area contributed by atoms with E-state index < -0.39 is 0 Å². The molecule has 2 aromatic rings. The number of hydrogen-bond acceptors (Lipinski definition) is 2. The van der Waals surface area contributed by atoms with Crippen molar-refractivity contribution in [2.45, 2.75) is 12.8 Å². The fourth-order valence-corrected chi connectivity index (χ4v) is 1.88. The van der Waals surface area contributed by atoms with Gasteiger partial charge in [-0.1, -0.05) is 12.1 Å². The Morgan fingerprint density at radius 2 is 2.06 bits per heavy atom. The summed E-state index contributed by atoms with van der Waals surface area (Å²) >= 11 is 0. The van der Waals surface area contributed by atoms with Gasteiger partial charge in [-0.3, -0.25) is 0 Å². The average Bonchev–Trinajstić information content (AvgIpc) is 3.10. The Balaban J connectivity index is 1.89. The molecule has 1 aliphatic rings. The van der Waals surface area contributed by atoms with Crippen molar-refractivity contribution < 1.29 is 4.74 Å². The van der Waals surface area contributed by atoms with Gasteiger partial charge in [0.15, 0.2) is 0 Å². The highest BCUT2D eigenvalue weighted by Crippen LogP contribution is 2.30. The molecule has 2 aromatic carbocycles. The van der Waals surface area contributed by atoms with Crippen LogP contribution in [0.3, 0.4) is 0 Å². The van der Waals surface area contributed by atoms with Gasteiger partial charge < -0.3 is 10.5 Å². The third-order valence-electron chi connectivity index (χ3n) is 3.07. The Hall–Kier alpha value is -1.70. The van der Waals surface area contributed by atoms with Crippen molar-refractivity contribution in [3.05, 3.63) is 36.4 Å². The standard InChI is InChI=1S/C14H15NO/c15-14-3-1-2-11-8-12(6-7-13(11)14)16-9-10-4-5-10/h1-3,6-8,10H,4-5,9,15H2. The molecule has 0 bridgehead atoms. The second-order valence-electron chi connectivity index (χ2n) is 4.48. The summed E-state index contributed by atoms with van der Waals surface area (Å²) in [7, 11) is 0. The highest BCUT2D eigenvalue weighted by atomic mass is 16.5. The molecule has 82 valence electrons. The normalized spacial score (nSPS) is 15.2. The first-order chi connectivity index (χ1) is 7.83. The van der Waals surface area contributed by atoms with E-state index in [0.717, 1.165) is 34.7 Å². The molecule has 0 aromatic heterocycles. The second kappa shape index (κ2) is 3.71. The third kappa shape index (κ3) is 1.83. The number of nitrogen functional groups attached to an aromatic ring is 1. The summed E-state index contributed by atoms with van der Waals surface area (Å²) in [5.41, 5.74) is 6.72. The van der Waals surface area contributed by atoms with Crippen LogP contribution >= 0.6 is 0 Å². The Morgan fingerprint density at radius 3 is 2.88 bits per heavy atom. The van der Waals surface area contributed by atoms with E-state index in [4.69, 9.17) is 10.5 Å². The van der Waals surface area contributed by atoms with Gasteiger partial charge in [-0.25, -0.2) is 0 Å². The number of hydrogen-bond donors (Lipinski definition) is 1. The van der Waals surface area contributed by atoms with E-state index in [1.54, 1.807) is 0 Å². The van der Waals surface area contributed by atoms with Crippen molar-refractivity contribution in [3.8, 4) is 5.75 Å². The molecular formula is C14H15NO. The van der Waals surface area contributed by atoms with Crippen LogP contribution in [0.1, 0.15) is 12.8 Å². The molecule has 0 heterocycles. The van der Waals surface area contributed by atoms with Gasteiger partial charge in [0.2, 0.25) is 0 Å². The summed E-state index contributed by atoms with van der Waals surface area (Å²) in [6.45, 7) is 0.855. The van der Waals surface area contributed by atoms with Crippen LogP contribution in [0.4, 0.5) is 5.69 Å². The molecule has 0 atom stereocenters. The van der Waals surface area contributed by atoms with Gasteiger partial charge in [0.25, 0.3) is 0 Å². The molecule has 1 fully saturated rings. The van der Waals surface area contributed by atoms with E-state index >= 15 is 0 Å². The van der Waals surface area contributed by atoms with Gasteiger partial charge in [0, 0.05) is 11.1 Å². The van der Waals surface area contributed by atoms with E-state index in [1.807, 2.05) is 24.3 Å². The first-order valence-electron chi connectivity index (χ1n) is 5.74. The van der Waals surface area contributed by atoms with Crippen LogP contribution in [-0.4, -0.2) is 6.61 Å². The molecule has 0 aliphatic heterocycles. The van der Waals surface area contributed by atoms with Crippen LogP contribution in [0.2, 0.25) is 0 Å². The Labute approximate surface area is 95.0 Å². The van der Waals surface area contributed by atoms with E-state index in [2.05, 4.69) is 12.1 Å². The molecule has 0 amide bonds. The molecule has 16 heavy (non-hydrogen) atoms. The molecule has 2 N–H and O–H groups in total. The monoisotopic (exact) mass is 213 g/mol. The van der Waals surface area contributed by atoms with E-state index in [0.29, 0.717) is 0 Å². The smallest absolute Gasteiger partial charge is 0.119 e. The Kier molecular flexibility index (Phi) is 2.21. The van der Waals surface area contributed by atoms with Crippen LogP contribution < -0.4 is 10.5 Å².